The zero-order valence-corrected chi connectivity index (χ0v) is 12.4. The third-order valence-electron chi connectivity index (χ3n) is 2.27. The fourth-order valence-corrected chi connectivity index (χ4v) is 3.18. The molecule has 0 spiro atoms. The molecule has 2 rings (SSSR count). The van der Waals surface area contributed by atoms with Crippen LogP contribution >= 0.6 is 57.6 Å². The zero-order chi connectivity index (χ0) is 9.42. The highest BCUT2D eigenvalue weighted by molar-refractivity contribution is 14.1. The first kappa shape index (κ1) is 12.8. The van der Waals surface area contributed by atoms with Crippen LogP contribution < -0.4 is 5.32 Å². The van der Waals surface area contributed by atoms with E-state index in [0.717, 1.165) is 13.7 Å². The van der Waals surface area contributed by atoms with E-state index in [-0.39, 0.29) is 12.4 Å². The number of phenolic OH excluding ortho intramolecular Hbond substituents is 1. The highest BCUT2D eigenvalue weighted by Gasteiger charge is 2.20. The second kappa shape index (κ2) is 5.18. The Morgan fingerprint density at radius 2 is 1.79 bits per heavy atom. The minimum Gasteiger partial charge on any atom is -0.506 e. The first-order chi connectivity index (χ1) is 6.18. The number of hydrogen-bond acceptors (Lipinski definition) is 2. The van der Waals surface area contributed by atoms with Gasteiger partial charge in [-0.3, -0.25) is 0 Å². The highest BCUT2D eigenvalue weighted by atomic mass is 127. The first-order valence-corrected chi connectivity index (χ1v) is 6.25. The maximum Gasteiger partial charge on any atom is 0.142 e. The average molecular weight is 437 g/mol. The van der Waals surface area contributed by atoms with E-state index in [1.165, 1.54) is 12.0 Å². The summed E-state index contributed by atoms with van der Waals surface area (Å²) < 4.78 is 1.88. The van der Waals surface area contributed by atoms with Gasteiger partial charge in [0.15, 0.2) is 0 Å². The Kier molecular flexibility index (Phi) is 4.73. The number of nitrogens with one attached hydrogen (secondary N) is 1. The smallest absolute Gasteiger partial charge is 0.142 e. The number of benzene rings is 1. The molecule has 14 heavy (non-hydrogen) atoms. The van der Waals surface area contributed by atoms with Crippen molar-refractivity contribution in [3.05, 3.63) is 24.8 Å². The number of aromatic hydroxyl groups is 1. The molecule has 0 radical (unpaired) electrons. The van der Waals surface area contributed by atoms with Gasteiger partial charge in [0.2, 0.25) is 0 Å². The van der Waals surface area contributed by atoms with Gasteiger partial charge in [0, 0.05) is 6.04 Å². The lowest BCUT2D eigenvalue weighted by atomic mass is 9.98. The van der Waals surface area contributed by atoms with Gasteiger partial charge in [0.25, 0.3) is 0 Å². The largest absolute Gasteiger partial charge is 0.506 e. The molecule has 0 bridgehead atoms. The molecule has 2 N–H and O–H groups in total. The van der Waals surface area contributed by atoms with Gasteiger partial charge >= 0.3 is 0 Å². The summed E-state index contributed by atoms with van der Waals surface area (Å²) in [6.07, 6.45) is 1.21. The second-order valence-corrected chi connectivity index (χ2v) is 5.45. The number of halogens is 3. The summed E-state index contributed by atoms with van der Waals surface area (Å²) >= 11 is 4.33. The molecule has 0 amide bonds. The summed E-state index contributed by atoms with van der Waals surface area (Å²) in [5, 5.41) is 12.9. The Morgan fingerprint density at radius 3 is 2.14 bits per heavy atom. The van der Waals surface area contributed by atoms with E-state index < -0.39 is 0 Å². The molecule has 1 heterocycles. The standard InChI is InChI=1S/C9H9I2NO.ClH/c10-6-3-5(8-1-2-12-8)4-7(11)9(6)13;/h3-4,8,12-13H,1-2H2;1H/t8-;/m0./s1. The van der Waals surface area contributed by atoms with Crippen LogP contribution in [-0.2, 0) is 0 Å². The zero-order valence-electron chi connectivity index (χ0n) is 7.26. The van der Waals surface area contributed by atoms with E-state index in [9.17, 15) is 5.11 Å². The molecule has 1 fully saturated rings. The van der Waals surface area contributed by atoms with Crippen molar-refractivity contribution in [3.8, 4) is 5.75 Å². The number of phenols is 1. The van der Waals surface area contributed by atoms with Crippen molar-refractivity contribution in [2.75, 3.05) is 6.54 Å². The number of hydrogen-bond donors (Lipinski definition) is 2. The lowest BCUT2D eigenvalue weighted by Gasteiger charge is -2.28. The van der Waals surface area contributed by atoms with Gasteiger partial charge in [0.05, 0.1) is 7.14 Å². The third kappa shape index (κ3) is 2.45. The molecule has 1 aliphatic heterocycles. The maximum atomic E-state index is 9.57. The molecule has 1 aromatic carbocycles. The van der Waals surface area contributed by atoms with Crippen LogP contribution in [0.4, 0.5) is 0 Å². The minimum absolute atomic E-state index is 0. The summed E-state index contributed by atoms with van der Waals surface area (Å²) in [5.74, 6) is 0.407. The SMILES string of the molecule is Cl.Oc1c(I)cc([C@@H]2CCN2)cc1I. The van der Waals surface area contributed by atoms with E-state index in [0.29, 0.717) is 11.8 Å². The van der Waals surface area contributed by atoms with Crippen LogP contribution in [0.25, 0.3) is 0 Å². The van der Waals surface area contributed by atoms with E-state index >= 15 is 0 Å². The molecule has 1 saturated heterocycles. The van der Waals surface area contributed by atoms with Crippen molar-refractivity contribution < 1.29 is 5.11 Å². The molecule has 1 atom stereocenters. The molecular weight excluding hydrogens is 427 g/mol. The lowest BCUT2D eigenvalue weighted by molar-refractivity contribution is 0.382. The van der Waals surface area contributed by atoms with Crippen LogP contribution in [0.2, 0.25) is 0 Å². The molecule has 1 aliphatic rings. The minimum atomic E-state index is 0. The monoisotopic (exact) mass is 437 g/mol. The molecule has 0 saturated carbocycles. The van der Waals surface area contributed by atoms with Crippen molar-refractivity contribution >= 4 is 57.6 Å². The van der Waals surface area contributed by atoms with E-state index in [2.05, 4.69) is 62.6 Å². The van der Waals surface area contributed by atoms with Crippen molar-refractivity contribution in [3.63, 3.8) is 0 Å². The normalized spacial score (nSPS) is 19.7. The first-order valence-electron chi connectivity index (χ1n) is 4.10. The number of rotatable bonds is 1. The summed E-state index contributed by atoms with van der Waals surface area (Å²) in [4.78, 5) is 0. The van der Waals surface area contributed by atoms with Gasteiger partial charge in [0.1, 0.15) is 5.75 Å². The predicted molar refractivity (Wildman–Crippen MR) is 76.1 cm³/mol. The molecule has 0 aromatic heterocycles. The summed E-state index contributed by atoms with van der Waals surface area (Å²) in [5.41, 5.74) is 1.29. The Balaban J connectivity index is 0.000000980. The van der Waals surface area contributed by atoms with Crippen LogP contribution in [0.3, 0.4) is 0 Å². The lowest BCUT2D eigenvalue weighted by Crippen LogP contribution is -2.34. The fourth-order valence-electron chi connectivity index (χ4n) is 1.36. The third-order valence-corrected chi connectivity index (χ3v) is 3.91. The van der Waals surface area contributed by atoms with E-state index in [1.54, 1.807) is 0 Å². The highest BCUT2D eigenvalue weighted by Crippen LogP contribution is 2.32. The van der Waals surface area contributed by atoms with Gasteiger partial charge < -0.3 is 10.4 Å². The second-order valence-electron chi connectivity index (χ2n) is 3.13. The molecule has 0 aliphatic carbocycles. The van der Waals surface area contributed by atoms with Gasteiger partial charge in [-0.15, -0.1) is 12.4 Å². The van der Waals surface area contributed by atoms with Crippen LogP contribution in [-0.4, -0.2) is 11.7 Å². The van der Waals surface area contributed by atoms with Crippen LogP contribution in [0.1, 0.15) is 18.0 Å². The topological polar surface area (TPSA) is 32.3 Å². The molecule has 5 heteroatoms. The van der Waals surface area contributed by atoms with Gasteiger partial charge in [-0.1, -0.05) is 0 Å². The van der Waals surface area contributed by atoms with Crippen LogP contribution in [0.15, 0.2) is 12.1 Å². The Hall–Kier alpha value is 0.730. The molecule has 2 nitrogen and oxygen atoms in total. The van der Waals surface area contributed by atoms with Gasteiger partial charge in [-0.25, -0.2) is 0 Å². The summed E-state index contributed by atoms with van der Waals surface area (Å²) in [6.45, 7) is 1.11. The van der Waals surface area contributed by atoms with Crippen molar-refractivity contribution in [1.82, 2.24) is 5.32 Å². The maximum absolute atomic E-state index is 9.57. The van der Waals surface area contributed by atoms with Crippen molar-refractivity contribution in [1.29, 1.82) is 0 Å². The van der Waals surface area contributed by atoms with E-state index in [4.69, 9.17) is 0 Å². The van der Waals surface area contributed by atoms with Crippen molar-refractivity contribution in [2.24, 2.45) is 0 Å². The molecule has 78 valence electrons. The van der Waals surface area contributed by atoms with Gasteiger partial charge in [-0.2, -0.15) is 0 Å². The fraction of sp³-hybridized carbons (Fsp3) is 0.333. The average Bonchev–Trinajstić information content (AvgIpc) is 1.96. The molecular formula is C9H10ClI2NO. The van der Waals surface area contributed by atoms with Gasteiger partial charge in [-0.05, 0) is 75.8 Å². The quantitative estimate of drug-likeness (QED) is 0.662. The van der Waals surface area contributed by atoms with Crippen LogP contribution in [0.5, 0.6) is 5.75 Å². The molecule has 0 unspecified atom stereocenters. The Bertz CT molecular complexity index is 319. The van der Waals surface area contributed by atoms with Crippen molar-refractivity contribution in [2.45, 2.75) is 12.5 Å². The Labute approximate surface area is 117 Å². The molecule has 1 aromatic rings. The van der Waals surface area contributed by atoms with Crippen LogP contribution in [0, 0.1) is 7.14 Å². The van der Waals surface area contributed by atoms with E-state index in [1.807, 2.05) is 0 Å². The summed E-state index contributed by atoms with van der Waals surface area (Å²) in [7, 11) is 0. The summed E-state index contributed by atoms with van der Waals surface area (Å²) in [6, 6.07) is 4.60. The predicted octanol–water partition coefficient (Wildman–Crippen LogP) is 3.06. The Morgan fingerprint density at radius 1 is 1.29 bits per heavy atom.